The second kappa shape index (κ2) is 6.49. The molecule has 0 atom stereocenters. The van der Waals surface area contributed by atoms with Crippen molar-refractivity contribution in [1.29, 1.82) is 0 Å². The van der Waals surface area contributed by atoms with Crippen LogP contribution in [-0.2, 0) is 19.3 Å². The quantitative estimate of drug-likeness (QED) is 0.412. The summed E-state index contributed by atoms with van der Waals surface area (Å²) in [5, 5.41) is 5.54. The highest BCUT2D eigenvalue weighted by atomic mass is 14.1. The minimum Gasteiger partial charge on any atom is -0.0616 e. The van der Waals surface area contributed by atoms with Crippen LogP contribution in [-0.4, -0.2) is 0 Å². The molecule has 24 heavy (non-hydrogen) atoms. The maximum Gasteiger partial charge on any atom is -0.0149 e. The lowest BCUT2D eigenvalue weighted by molar-refractivity contribution is 0.976. The third-order valence-electron chi connectivity index (χ3n) is 5.03. The summed E-state index contributed by atoms with van der Waals surface area (Å²) in [6.45, 7) is 2.23. The maximum atomic E-state index is 2.33. The summed E-state index contributed by atoms with van der Waals surface area (Å²) in [5.41, 5.74) is 4.34. The Morgan fingerprint density at radius 2 is 1.04 bits per heavy atom. The van der Waals surface area contributed by atoms with Gasteiger partial charge in [0.15, 0.2) is 0 Å². The predicted octanol–water partition coefficient (Wildman–Crippen LogP) is 6.34. The molecule has 0 aliphatic heterocycles. The zero-order valence-electron chi connectivity index (χ0n) is 14.1. The van der Waals surface area contributed by atoms with Crippen molar-refractivity contribution in [1.82, 2.24) is 0 Å². The first kappa shape index (κ1) is 15.0. The fourth-order valence-electron chi connectivity index (χ4n) is 3.73. The van der Waals surface area contributed by atoms with Crippen LogP contribution in [0, 0.1) is 0 Å². The Labute approximate surface area is 143 Å². The molecule has 0 saturated carbocycles. The van der Waals surface area contributed by atoms with E-state index in [4.69, 9.17) is 0 Å². The molecule has 0 spiro atoms. The molecule has 4 aromatic carbocycles. The minimum absolute atomic E-state index is 1.08. The van der Waals surface area contributed by atoms with Crippen LogP contribution in [0.3, 0.4) is 0 Å². The Balaban J connectivity index is 1.70. The van der Waals surface area contributed by atoms with Crippen LogP contribution in [0.2, 0.25) is 0 Å². The van der Waals surface area contributed by atoms with Crippen LogP contribution in [0.5, 0.6) is 0 Å². The average molecular weight is 310 g/mol. The molecule has 0 heterocycles. The number of hydrogen-bond acceptors (Lipinski definition) is 0. The lowest BCUT2D eigenvalue weighted by atomic mass is 9.93. The van der Waals surface area contributed by atoms with Crippen molar-refractivity contribution in [2.45, 2.75) is 26.2 Å². The Morgan fingerprint density at radius 3 is 1.79 bits per heavy atom. The van der Waals surface area contributed by atoms with E-state index >= 15 is 0 Å². The summed E-state index contributed by atoms with van der Waals surface area (Å²) in [6, 6.07) is 28.8. The van der Waals surface area contributed by atoms with Crippen LogP contribution in [0.1, 0.15) is 23.6 Å². The number of aryl methyl sites for hydroxylation is 3. The van der Waals surface area contributed by atoms with Gasteiger partial charge in [0.25, 0.3) is 0 Å². The minimum atomic E-state index is 1.08. The number of benzene rings is 4. The van der Waals surface area contributed by atoms with Crippen molar-refractivity contribution in [3.05, 3.63) is 95.6 Å². The highest BCUT2D eigenvalue weighted by molar-refractivity contribution is 5.89. The standard InChI is InChI=1S/C24H22/c1-2-18-14-15-21(24-13-6-5-12-23(18)24)17-16-20-10-7-9-19-8-3-4-11-22(19)20/h3-15H,2,16-17H2,1H3. The lowest BCUT2D eigenvalue weighted by Crippen LogP contribution is -1.95. The van der Waals surface area contributed by atoms with Crippen molar-refractivity contribution in [2.75, 3.05) is 0 Å². The van der Waals surface area contributed by atoms with Crippen LogP contribution in [0.15, 0.2) is 78.9 Å². The molecule has 0 amide bonds. The number of hydrogen-bond donors (Lipinski definition) is 0. The van der Waals surface area contributed by atoms with E-state index in [0.29, 0.717) is 0 Å². The van der Waals surface area contributed by atoms with Gasteiger partial charge in [0.2, 0.25) is 0 Å². The number of fused-ring (bicyclic) bond motifs is 2. The third-order valence-corrected chi connectivity index (χ3v) is 5.03. The zero-order chi connectivity index (χ0) is 16.4. The fraction of sp³-hybridized carbons (Fsp3) is 0.167. The monoisotopic (exact) mass is 310 g/mol. The van der Waals surface area contributed by atoms with Gasteiger partial charge in [0.1, 0.15) is 0 Å². The molecule has 4 rings (SSSR count). The van der Waals surface area contributed by atoms with Gasteiger partial charge in [-0.15, -0.1) is 0 Å². The van der Waals surface area contributed by atoms with Crippen molar-refractivity contribution < 1.29 is 0 Å². The second-order valence-corrected chi connectivity index (χ2v) is 6.42. The van der Waals surface area contributed by atoms with Gasteiger partial charge >= 0.3 is 0 Å². The summed E-state index contributed by atoms with van der Waals surface area (Å²) in [6.07, 6.45) is 3.25. The topological polar surface area (TPSA) is 0 Å². The molecule has 4 aromatic rings. The molecule has 0 saturated heterocycles. The first-order valence-electron chi connectivity index (χ1n) is 8.83. The van der Waals surface area contributed by atoms with E-state index in [1.54, 1.807) is 0 Å². The maximum absolute atomic E-state index is 2.33. The van der Waals surface area contributed by atoms with Gasteiger partial charge in [-0.05, 0) is 57.5 Å². The smallest absolute Gasteiger partial charge is 0.0149 e. The summed E-state index contributed by atoms with van der Waals surface area (Å²) in [4.78, 5) is 0. The molecule has 0 aromatic heterocycles. The van der Waals surface area contributed by atoms with Gasteiger partial charge in [-0.25, -0.2) is 0 Å². The first-order valence-corrected chi connectivity index (χ1v) is 8.83. The van der Waals surface area contributed by atoms with Crippen LogP contribution in [0.4, 0.5) is 0 Å². The fourth-order valence-corrected chi connectivity index (χ4v) is 3.73. The Kier molecular flexibility index (Phi) is 4.04. The Hall–Kier alpha value is -2.60. The van der Waals surface area contributed by atoms with E-state index in [9.17, 15) is 0 Å². The van der Waals surface area contributed by atoms with Gasteiger partial charge in [-0.2, -0.15) is 0 Å². The van der Waals surface area contributed by atoms with Gasteiger partial charge in [0.05, 0.1) is 0 Å². The van der Waals surface area contributed by atoms with E-state index < -0.39 is 0 Å². The van der Waals surface area contributed by atoms with Crippen molar-refractivity contribution in [3.8, 4) is 0 Å². The first-order chi connectivity index (χ1) is 11.9. The third kappa shape index (κ3) is 2.69. The summed E-state index contributed by atoms with van der Waals surface area (Å²) in [5.74, 6) is 0. The summed E-state index contributed by atoms with van der Waals surface area (Å²) in [7, 11) is 0. The van der Waals surface area contributed by atoms with E-state index in [2.05, 4.69) is 85.8 Å². The zero-order valence-corrected chi connectivity index (χ0v) is 14.1. The van der Waals surface area contributed by atoms with Crippen molar-refractivity contribution in [2.24, 2.45) is 0 Å². The Morgan fingerprint density at radius 1 is 0.500 bits per heavy atom. The van der Waals surface area contributed by atoms with Crippen molar-refractivity contribution in [3.63, 3.8) is 0 Å². The molecule has 0 bridgehead atoms. The summed E-state index contributed by atoms with van der Waals surface area (Å²) < 4.78 is 0. The molecule has 0 radical (unpaired) electrons. The molecular weight excluding hydrogens is 288 g/mol. The summed E-state index contributed by atoms with van der Waals surface area (Å²) >= 11 is 0. The van der Waals surface area contributed by atoms with Gasteiger partial charge in [-0.1, -0.05) is 85.8 Å². The van der Waals surface area contributed by atoms with Crippen LogP contribution >= 0.6 is 0 Å². The lowest BCUT2D eigenvalue weighted by Gasteiger charge is -2.11. The molecule has 0 aliphatic rings. The van der Waals surface area contributed by atoms with E-state index in [1.165, 1.54) is 38.2 Å². The molecule has 0 unspecified atom stereocenters. The molecule has 0 heteroatoms. The normalized spacial score (nSPS) is 11.2. The van der Waals surface area contributed by atoms with E-state index in [-0.39, 0.29) is 0 Å². The van der Waals surface area contributed by atoms with Crippen molar-refractivity contribution >= 4 is 21.5 Å². The van der Waals surface area contributed by atoms with Gasteiger partial charge in [-0.3, -0.25) is 0 Å². The molecule has 118 valence electrons. The van der Waals surface area contributed by atoms with E-state index in [1.807, 2.05) is 0 Å². The molecular formula is C24H22. The molecule has 0 N–H and O–H groups in total. The number of rotatable bonds is 4. The Bertz CT molecular complexity index is 990. The molecule has 0 nitrogen and oxygen atoms in total. The van der Waals surface area contributed by atoms with Crippen LogP contribution in [0.25, 0.3) is 21.5 Å². The van der Waals surface area contributed by atoms with Crippen LogP contribution < -0.4 is 0 Å². The highest BCUT2D eigenvalue weighted by Crippen LogP contribution is 2.26. The van der Waals surface area contributed by atoms with E-state index in [0.717, 1.165) is 19.3 Å². The average Bonchev–Trinajstić information content (AvgIpc) is 2.66. The second-order valence-electron chi connectivity index (χ2n) is 6.42. The molecule has 0 fully saturated rings. The van der Waals surface area contributed by atoms with Gasteiger partial charge in [0, 0.05) is 0 Å². The molecule has 0 aliphatic carbocycles. The predicted molar refractivity (Wildman–Crippen MR) is 105 cm³/mol. The highest BCUT2D eigenvalue weighted by Gasteiger charge is 2.06. The van der Waals surface area contributed by atoms with Gasteiger partial charge < -0.3 is 0 Å². The SMILES string of the molecule is CCc1ccc(CCc2cccc3ccccc23)c2ccccc12. The largest absolute Gasteiger partial charge is 0.0616 e.